The molecule has 7 heteroatoms. The van der Waals surface area contributed by atoms with Crippen molar-refractivity contribution in [3.05, 3.63) is 63.6 Å². The van der Waals surface area contributed by atoms with Crippen molar-refractivity contribution in [3.8, 4) is 0 Å². The average molecular weight is 432 g/mol. The summed E-state index contributed by atoms with van der Waals surface area (Å²) in [4.78, 5) is 15.4. The van der Waals surface area contributed by atoms with Crippen LogP contribution in [0.15, 0.2) is 47.4 Å². The molecule has 2 aromatic carbocycles. The molecular weight excluding hydrogens is 411 g/mol. The van der Waals surface area contributed by atoms with Crippen molar-refractivity contribution in [2.45, 2.75) is 17.1 Å². The number of carbonyl (C=O) groups excluding carboxylic acids is 1. The van der Waals surface area contributed by atoms with Gasteiger partial charge in [-0.2, -0.15) is 0 Å². The van der Waals surface area contributed by atoms with Crippen molar-refractivity contribution in [1.82, 2.24) is 4.90 Å². The van der Waals surface area contributed by atoms with Crippen molar-refractivity contribution in [2.75, 3.05) is 19.6 Å². The summed E-state index contributed by atoms with van der Waals surface area (Å²) < 4.78 is 0. The highest BCUT2D eigenvalue weighted by Gasteiger charge is 2.26. The zero-order chi connectivity index (χ0) is 17.8. The van der Waals surface area contributed by atoms with E-state index in [9.17, 15) is 4.79 Å². The van der Waals surface area contributed by atoms with Gasteiger partial charge in [-0.05, 0) is 48.7 Å². The van der Waals surface area contributed by atoms with Gasteiger partial charge in [-0.1, -0.05) is 41.4 Å². The third kappa shape index (κ3) is 5.08. The predicted octanol–water partition coefficient (Wildman–Crippen LogP) is 5.13. The van der Waals surface area contributed by atoms with Gasteiger partial charge in [-0.25, -0.2) is 0 Å². The van der Waals surface area contributed by atoms with E-state index in [1.807, 2.05) is 47.4 Å². The molecule has 3 nitrogen and oxygen atoms in total. The van der Waals surface area contributed by atoms with E-state index in [0.717, 1.165) is 35.5 Å². The summed E-state index contributed by atoms with van der Waals surface area (Å²) in [7, 11) is 0. The summed E-state index contributed by atoms with van der Waals surface area (Å²) in [6.07, 6.45) is 0.989. The highest BCUT2D eigenvalue weighted by atomic mass is 35.5. The second-order valence-corrected chi connectivity index (χ2v) is 7.98. The number of hydrogen-bond acceptors (Lipinski definition) is 3. The lowest BCUT2D eigenvalue weighted by Crippen LogP contribution is -2.29. The van der Waals surface area contributed by atoms with E-state index in [4.69, 9.17) is 28.9 Å². The minimum atomic E-state index is 0. The second kappa shape index (κ2) is 9.86. The van der Waals surface area contributed by atoms with Crippen LogP contribution in [0.1, 0.15) is 22.3 Å². The largest absolute Gasteiger partial charge is 0.338 e. The van der Waals surface area contributed by atoms with Crippen molar-refractivity contribution in [2.24, 2.45) is 11.7 Å². The maximum Gasteiger partial charge on any atom is 0.253 e. The molecule has 2 aromatic rings. The Morgan fingerprint density at radius 1 is 1.19 bits per heavy atom. The first kappa shape index (κ1) is 21.4. The van der Waals surface area contributed by atoms with Crippen molar-refractivity contribution >= 4 is 53.3 Å². The molecule has 140 valence electrons. The van der Waals surface area contributed by atoms with Gasteiger partial charge < -0.3 is 10.6 Å². The molecule has 1 heterocycles. The first-order valence-electron chi connectivity index (χ1n) is 8.23. The molecule has 0 aliphatic carbocycles. The Labute approximate surface area is 174 Å². The van der Waals surface area contributed by atoms with Gasteiger partial charge in [0.2, 0.25) is 0 Å². The average Bonchev–Trinajstić information content (AvgIpc) is 3.10. The summed E-state index contributed by atoms with van der Waals surface area (Å²) in [6.45, 7) is 2.18. The van der Waals surface area contributed by atoms with Gasteiger partial charge in [0.15, 0.2) is 0 Å². The third-order valence-corrected chi connectivity index (χ3v) is 6.44. The molecule has 0 spiro atoms. The quantitative estimate of drug-likeness (QED) is 0.668. The molecule has 1 aliphatic rings. The Morgan fingerprint density at radius 3 is 2.54 bits per heavy atom. The van der Waals surface area contributed by atoms with Crippen LogP contribution >= 0.6 is 47.4 Å². The molecule has 3 rings (SSSR count). The molecule has 1 fully saturated rings. The van der Waals surface area contributed by atoms with Gasteiger partial charge in [0.05, 0.1) is 10.0 Å². The fourth-order valence-electron chi connectivity index (χ4n) is 2.96. The fourth-order valence-corrected chi connectivity index (χ4v) is 4.59. The number of carbonyl (C=O) groups is 1. The monoisotopic (exact) mass is 430 g/mol. The molecule has 0 aromatic heterocycles. The van der Waals surface area contributed by atoms with E-state index in [1.165, 1.54) is 0 Å². The van der Waals surface area contributed by atoms with Crippen LogP contribution in [-0.4, -0.2) is 30.4 Å². The van der Waals surface area contributed by atoms with Gasteiger partial charge in [0.25, 0.3) is 5.91 Å². The first-order valence-corrected chi connectivity index (χ1v) is 9.97. The van der Waals surface area contributed by atoms with Crippen molar-refractivity contribution in [1.29, 1.82) is 0 Å². The molecule has 0 radical (unpaired) electrons. The summed E-state index contributed by atoms with van der Waals surface area (Å²) in [5.41, 5.74) is 7.51. The van der Waals surface area contributed by atoms with Gasteiger partial charge in [-0.15, -0.1) is 24.2 Å². The molecule has 1 atom stereocenters. The van der Waals surface area contributed by atoms with Crippen LogP contribution in [0.4, 0.5) is 0 Å². The number of hydrogen-bond donors (Lipinski definition) is 1. The predicted molar refractivity (Wildman–Crippen MR) is 113 cm³/mol. The Morgan fingerprint density at radius 2 is 1.88 bits per heavy atom. The van der Waals surface area contributed by atoms with Crippen LogP contribution < -0.4 is 5.73 Å². The van der Waals surface area contributed by atoms with Gasteiger partial charge >= 0.3 is 0 Å². The minimum absolute atomic E-state index is 0. The number of thioether (sulfide) groups is 1. The van der Waals surface area contributed by atoms with Crippen LogP contribution in [0.2, 0.25) is 10.0 Å². The van der Waals surface area contributed by atoms with Gasteiger partial charge in [0.1, 0.15) is 0 Å². The Kier molecular flexibility index (Phi) is 8.11. The topological polar surface area (TPSA) is 46.3 Å². The molecule has 26 heavy (non-hydrogen) atoms. The lowest BCUT2D eigenvalue weighted by atomic mass is 10.1. The summed E-state index contributed by atoms with van der Waals surface area (Å²) in [5.74, 6) is 1.21. The number of rotatable bonds is 5. The van der Waals surface area contributed by atoms with E-state index in [1.54, 1.807) is 11.8 Å². The summed E-state index contributed by atoms with van der Waals surface area (Å²) >= 11 is 14.0. The van der Waals surface area contributed by atoms with Gasteiger partial charge in [0, 0.05) is 29.3 Å². The maximum atomic E-state index is 12.7. The molecule has 1 unspecified atom stereocenters. The van der Waals surface area contributed by atoms with E-state index < -0.39 is 0 Å². The van der Waals surface area contributed by atoms with Crippen LogP contribution in [0.25, 0.3) is 0 Å². The Balaban J connectivity index is 0.00000243. The van der Waals surface area contributed by atoms with Crippen LogP contribution in [-0.2, 0) is 5.75 Å². The number of amides is 1. The summed E-state index contributed by atoms with van der Waals surface area (Å²) in [5, 5.41) is 1.30. The number of nitrogens with zero attached hydrogens (tertiary/aromatic N) is 1. The van der Waals surface area contributed by atoms with Crippen LogP contribution in [0.3, 0.4) is 0 Å². The highest BCUT2D eigenvalue weighted by Crippen LogP contribution is 2.35. The van der Waals surface area contributed by atoms with E-state index in [0.29, 0.717) is 28.3 Å². The number of benzene rings is 2. The zero-order valence-corrected chi connectivity index (χ0v) is 17.3. The maximum absolute atomic E-state index is 12.7. The number of nitrogens with two attached hydrogens (primary N) is 1. The normalized spacial score (nSPS) is 16.4. The number of likely N-dealkylation sites (tertiary alicyclic amines) is 1. The first-order chi connectivity index (χ1) is 12.1. The zero-order valence-electron chi connectivity index (χ0n) is 14.2. The Bertz CT molecular complexity index is 752. The molecule has 2 N–H and O–H groups in total. The van der Waals surface area contributed by atoms with E-state index in [-0.39, 0.29) is 18.3 Å². The second-order valence-electron chi connectivity index (χ2n) is 6.18. The van der Waals surface area contributed by atoms with Crippen molar-refractivity contribution < 1.29 is 4.79 Å². The third-order valence-electron chi connectivity index (χ3n) is 4.38. The minimum Gasteiger partial charge on any atom is -0.338 e. The van der Waals surface area contributed by atoms with Crippen LogP contribution in [0, 0.1) is 5.92 Å². The molecule has 1 saturated heterocycles. The molecular formula is C19H21Cl3N2OS. The SMILES string of the molecule is Cl.NCC1CCN(C(=O)c2cccc(CSc3c(Cl)cccc3Cl)c2)C1. The molecule has 0 saturated carbocycles. The van der Waals surface area contributed by atoms with Crippen molar-refractivity contribution in [3.63, 3.8) is 0 Å². The lowest BCUT2D eigenvalue weighted by molar-refractivity contribution is 0.0787. The molecule has 1 amide bonds. The van der Waals surface area contributed by atoms with E-state index >= 15 is 0 Å². The van der Waals surface area contributed by atoms with Crippen LogP contribution in [0.5, 0.6) is 0 Å². The fraction of sp³-hybridized carbons (Fsp3) is 0.316. The molecule has 1 aliphatic heterocycles. The summed E-state index contributed by atoms with van der Waals surface area (Å²) in [6, 6.07) is 13.3. The lowest BCUT2D eigenvalue weighted by Gasteiger charge is -2.17. The van der Waals surface area contributed by atoms with E-state index in [2.05, 4.69) is 0 Å². The smallest absolute Gasteiger partial charge is 0.253 e. The highest BCUT2D eigenvalue weighted by molar-refractivity contribution is 7.98. The van der Waals surface area contributed by atoms with Gasteiger partial charge in [-0.3, -0.25) is 4.79 Å². The Hall–Kier alpha value is -0.910. The number of halogens is 3. The standard InChI is InChI=1S/C19H20Cl2N2OS.ClH/c20-16-5-2-6-17(21)18(16)25-12-13-3-1-4-15(9-13)19(24)23-8-7-14(10-22)11-23;/h1-6,9,14H,7-8,10-12,22H2;1H. The molecule has 0 bridgehead atoms.